The molecular weight excluding hydrogens is 881 g/mol. The molecule has 5 aliphatic carbocycles. The second kappa shape index (κ2) is 18.1. The van der Waals surface area contributed by atoms with Gasteiger partial charge in [-0.25, -0.2) is 4.79 Å². The van der Waals surface area contributed by atoms with Gasteiger partial charge >= 0.3 is 5.97 Å². The average Bonchev–Trinajstić information content (AvgIpc) is 3.27. The van der Waals surface area contributed by atoms with Crippen LogP contribution >= 0.6 is 0 Å². The van der Waals surface area contributed by atoms with E-state index in [4.69, 9.17) is 28.4 Å². The fraction of sp³-hybridized carbons (Fsp3) is 0.917. The molecule has 0 aromatic rings. The number of carboxylic acid groups (broad SMARTS) is 1. The molecule has 19 heteroatoms. The summed E-state index contributed by atoms with van der Waals surface area (Å²) < 4.78 is 35.9. The number of carbonyl (C=O) groups excluding carboxylic acids is 1. The Hall–Kier alpha value is -1.76. The van der Waals surface area contributed by atoms with Crippen LogP contribution in [0.2, 0.25) is 0 Å². The van der Waals surface area contributed by atoms with E-state index < -0.39 is 123 Å². The summed E-state index contributed by atoms with van der Waals surface area (Å²) in [6, 6.07) is 0. The highest BCUT2D eigenvalue weighted by Gasteiger charge is 2.70. The zero-order valence-corrected chi connectivity index (χ0v) is 39.7. The number of hydrogen-bond acceptors (Lipinski definition) is 18. The van der Waals surface area contributed by atoms with E-state index in [1.165, 1.54) is 5.57 Å². The third-order valence-electron chi connectivity index (χ3n) is 19.3. The Morgan fingerprint density at radius 3 is 1.87 bits per heavy atom. The summed E-state index contributed by atoms with van der Waals surface area (Å²) in [5.74, 6) is -0.996. The van der Waals surface area contributed by atoms with Crippen molar-refractivity contribution < 1.29 is 94.2 Å². The number of allylic oxidation sites excluding steroid dienone is 2. The Bertz CT molecular complexity index is 1880. The van der Waals surface area contributed by atoms with Crippen molar-refractivity contribution in [2.24, 2.45) is 50.2 Å². The number of fused-ring (bicyclic) bond motifs is 7. The minimum absolute atomic E-state index is 0.0909. The zero-order valence-electron chi connectivity index (χ0n) is 39.7. The molecule has 0 bridgehead atoms. The van der Waals surface area contributed by atoms with Crippen LogP contribution < -0.4 is 0 Å². The second-order valence-corrected chi connectivity index (χ2v) is 23.4. The third-order valence-corrected chi connectivity index (χ3v) is 19.3. The SMILES string of the molecule is CC1(C)CC(=O)[C@]2(C)CC[C@]3(C)C(=CC[C@@H]4[C@@]5(C)CC[C@H](O[C@@H]6O[C@H](C(=O)O)[C@@H](O)[C@H](O)[C@H]6O[C@@H]6O[C@H](CO)[C@H](O)[C@H](O)[C@H]6O[C@@H]6O[C@H](CO)[C@@H](O)[C@H](O)[C@H]6O)[C@](C)(CO)[C@@H]5CC[C@]43C)[C@@H]2C1. The normalized spacial score (nSPS) is 54.2. The molecule has 4 saturated carbocycles. The molecule has 0 radical (unpaired) electrons. The van der Waals surface area contributed by atoms with Crippen molar-refractivity contribution in [1.82, 2.24) is 0 Å². The van der Waals surface area contributed by atoms with E-state index in [2.05, 4.69) is 47.6 Å². The number of carboxylic acids is 1. The van der Waals surface area contributed by atoms with E-state index in [0.29, 0.717) is 25.0 Å². The van der Waals surface area contributed by atoms with Crippen LogP contribution in [0, 0.1) is 50.2 Å². The fourth-order valence-corrected chi connectivity index (χ4v) is 14.9. The maximum absolute atomic E-state index is 13.8. The molecule has 0 aromatic heterocycles. The topological polar surface area (TPSA) is 312 Å². The standard InChI is InChI=1S/C48H76O19/c1-43(2)16-22-21-8-9-26-45(4)12-11-28(46(5,20-51)25(45)10-13-48(26,7)47(21,6)15-14-44(22,3)27(52)17-43)64-42-38(34(58)33(57)36(65-42)39(60)61)67-41-37(32(56)30(54)24(19-50)63-41)66-40-35(59)31(55)29(53)23(18-49)62-40/h8,22-26,28-38,40-42,49-51,53-59H,9-20H2,1-7H3,(H,60,61)/t22-,23+,24+,25+,26+,28-,29+,30-,31-,32-,33-,34-,35+,36-,37+,38+,40-,41-,42+,44+,45-,46+,47+,48+/m0/s1. The van der Waals surface area contributed by atoms with Crippen LogP contribution in [0.25, 0.3) is 0 Å². The molecular formula is C48H76O19. The van der Waals surface area contributed by atoms with E-state index in [-0.39, 0.29) is 51.4 Å². The van der Waals surface area contributed by atoms with Gasteiger partial charge in [0.05, 0.1) is 25.9 Å². The summed E-state index contributed by atoms with van der Waals surface area (Å²) in [6.45, 7) is 13.7. The first kappa shape index (κ1) is 51.6. The first-order valence-electron chi connectivity index (χ1n) is 24.3. The molecule has 0 aromatic carbocycles. The predicted octanol–water partition coefficient (Wildman–Crippen LogP) is -0.115. The number of Topliss-reactive ketones (excluding diaryl/α,β-unsaturated/α-hetero) is 1. The number of rotatable bonds is 10. The molecule has 0 unspecified atom stereocenters. The molecule has 24 atom stereocenters. The fourth-order valence-electron chi connectivity index (χ4n) is 14.9. The number of hydrogen-bond donors (Lipinski definition) is 11. The van der Waals surface area contributed by atoms with Crippen molar-refractivity contribution in [1.29, 1.82) is 0 Å². The Kier molecular flexibility index (Phi) is 13.9. The minimum Gasteiger partial charge on any atom is -0.479 e. The highest BCUT2D eigenvalue weighted by molar-refractivity contribution is 5.87. The number of ether oxygens (including phenoxy) is 6. The number of aliphatic carboxylic acids is 1. The molecule has 8 aliphatic rings. The van der Waals surface area contributed by atoms with Crippen molar-refractivity contribution in [3.63, 3.8) is 0 Å². The van der Waals surface area contributed by atoms with Crippen LogP contribution in [0.15, 0.2) is 11.6 Å². The van der Waals surface area contributed by atoms with E-state index in [1.54, 1.807) is 0 Å². The minimum atomic E-state index is -2.10. The molecule has 382 valence electrons. The molecule has 0 spiro atoms. The van der Waals surface area contributed by atoms with E-state index in [0.717, 1.165) is 38.5 Å². The number of carbonyl (C=O) groups is 2. The molecule has 19 nitrogen and oxygen atoms in total. The lowest BCUT2D eigenvalue weighted by Crippen LogP contribution is -2.68. The lowest BCUT2D eigenvalue weighted by atomic mass is 9.33. The Labute approximate surface area is 391 Å². The lowest BCUT2D eigenvalue weighted by Gasteiger charge is -2.71. The van der Waals surface area contributed by atoms with Gasteiger partial charge in [-0.05, 0) is 90.8 Å². The van der Waals surface area contributed by atoms with Crippen molar-refractivity contribution in [3.8, 4) is 0 Å². The summed E-state index contributed by atoms with van der Waals surface area (Å²) >= 11 is 0. The maximum Gasteiger partial charge on any atom is 0.335 e. The van der Waals surface area contributed by atoms with Crippen LogP contribution in [0.3, 0.4) is 0 Å². The Morgan fingerprint density at radius 1 is 0.672 bits per heavy atom. The first-order chi connectivity index (χ1) is 31.3. The molecule has 0 amide bonds. The quantitative estimate of drug-likeness (QED) is 0.101. The van der Waals surface area contributed by atoms with Crippen LogP contribution in [0.4, 0.5) is 0 Å². The molecule has 67 heavy (non-hydrogen) atoms. The van der Waals surface area contributed by atoms with Crippen molar-refractivity contribution in [2.45, 2.75) is 204 Å². The van der Waals surface area contributed by atoms with E-state index in [1.807, 2.05) is 6.92 Å². The molecule has 3 saturated heterocycles. The van der Waals surface area contributed by atoms with Gasteiger partial charge in [0.25, 0.3) is 0 Å². The van der Waals surface area contributed by atoms with Gasteiger partial charge in [-0.1, -0.05) is 60.1 Å². The monoisotopic (exact) mass is 956 g/mol. The summed E-state index contributed by atoms with van der Waals surface area (Å²) in [4.78, 5) is 26.3. The lowest BCUT2D eigenvalue weighted by molar-refractivity contribution is -0.397. The second-order valence-electron chi connectivity index (χ2n) is 23.4. The Balaban J connectivity index is 1.08. The van der Waals surface area contributed by atoms with Gasteiger partial charge in [-0.15, -0.1) is 0 Å². The maximum atomic E-state index is 13.8. The van der Waals surface area contributed by atoms with Gasteiger partial charge in [-0.3, -0.25) is 4.79 Å². The molecule has 3 heterocycles. The van der Waals surface area contributed by atoms with E-state index in [9.17, 15) is 65.8 Å². The smallest absolute Gasteiger partial charge is 0.335 e. The largest absolute Gasteiger partial charge is 0.479 e. The van der Waals surface area contributed by atoms with Gasteiger partial charge in [0.15, 0.2) is 25.0 Å². The van der Waals surface area contributed by atoms with Crippen LogP contribution in [0.1, 0.15) is 106 Å². The summed E-state index contributed by atoms with van der Waals surface area (Å²) in [6.07, 6.45) is -19.5. The van der Waals surface area contributed by atoms with E-state index >= 15 is 0 Å². The summed E-state index contributed by atoms with van der Waals surface area (Å²) in [5, 5.41) is 118. The molecule has 3 aliphatic heterocycles. The third kappa shape index (κ3) is 8.01. The zero-order chi connectivity index (χ0) is 49.1. The highest BCUT2D eigenvalue weighted by atomic mass is 16.8. The van der Waals surface area contributed by atoms with Gasteiger partial charge in [0.1, 0.15) is 72.9 Å². The van der Waals surface area contributed by atoms with Gasteiger partial charge in [0.2, 0.25) is 0 Å². The van der Waals surface area contributed by atoms with Crippen LogP contribution in [-0.2, 0) is 38.0 Å². The Morgan fingerprint density at radius 2 is 1.25 bits per heavy atom. The summed E-state index contributed by atoms with van der Waals surface area (Å²) in [5.41, 5.74) is -0.597. The van der Waals surface area contributed by atoms with Crippen molar-refractivity contribution in [3.05, 3.63) is 11.6 Å². The van der Waals surface area contributed by atoms with Gasteiger partial charge in [0, 0.05) is 17.3 Å². The highest BCUT2D eigenvalue weighted by Crippen LogP contribution is 2.75. The number of ketones is 1. The molecule has 8 rings (SSSR count). The predicted molar refractivity (Wildman–Crippen MR) is 231 cm³/mol. The van der Waals surface area contributed by atoms with Crippen LogP contribution in [0.5, 0.6) is 0 Å². The number of aliphatic hydroxyl groups is 10. The van der Waals surface area contributed by atoms with Crippen molar-refractivity contribution >= 4 is 11.8 Å². The van der Waals surface area contributed by atoms with Gasteiger partial charge in [-0.2, -0.15) is 0 Å². The van der Waals surface area contributed by atoms with Gasteiger partial charge < -0.3 is 84.6 Å². The number of aliphatic hydroxyl groups excluding tert-OH is 10. The van der Waals surface area contributed by atoms with Crippen molar-refractivity contribution in [2.75, 3.05) is 19.8 Å². The van der Waals surface area contributed by atoms with Crippen LogP contribution in [-0.4, -0.2) is 186 Å². The average molecular weight is 957 g/mol. The molecule has 11 N–H and O–H groups in total. The molecule has 7 fully saturated rings. The first-order valence-corrected chi connectivity index (χ1v) is 24.3. The summed E-state index contributed by atoms with van der Waals surface area (Å²) in [7, 11) is 0.